The van der Waals surface area contributed by atoms with Crippen LogP contribution in [0.3, 0.4) is 0 Å². The first kappa shape index (κ1) is 7.40. The van der Waals surface area contributed by atoms with Gasteiger partial charge in [0.05, 0.1) is 0 Å². The van der Waals surface area contributed by atoms with Crippen molar-refractivity contribution >= 4 is 5.91 Å². The van der Waals surface area contributed by atoms with E-state index >= 15 is 0 Å². The second-order valence-corrected chi connectivity index (χ2v) is 3.40. The van der Waals surface area contributed by atoms with Crippen LogP contribution in [-0.2, 0) is 0 Å². The van der Waals surface area contributed by atoms with E-state index in [1.165, 1.54) is 0 Å². The number of nitrogens with one attached hydrogen (secondary N) is 1. The molecule has 3 nitrogen and oxygen atoms in total. The highest BCUT2D eigenvalue weighted by Gasteiger charge is 2.27. The Labute approximate surface area is 71.4 Å². The van der Waals surface area contributed by atoms with Crippen molar-refractivity contribution in [3.05, 3.63) is 24.0 Å². The number of carbonyl (C=O) groups is 1. The third-order valence-electron chi connectivity index (χ3n) is 2.18. The lowest BCUT2D eigenvalue weighted by atomic mass is 10.0. The maximum atomic E-state index is 11.5. The third-order valence-corrected chi connectivity index (χ3v) is 2.18. The summed E-state index contributed by atoms with van der Waals surface area (Å²) < 4.78 is 0. The molecule has 2 rings (SSSR count). The van der Waals surface area contributed by atoms with E-state index in [0.29, 0.717) is 11.6 Å². The van der Waals surface area contributed by atoms with E-state index in [2.05, 4.69) is 11.9 Å². The van der Waals surface area contributed by atoms with Crippen molar-refractivity contribution in [3.8, 4) is 0 Å². The van der Waals surface area contributed by atoms with Crippen molar-refractivity contribution in [1.82, 2.24) is 9.88 Å². The molecule has 1 N–H and O–H groups in total. The molecule has 1 aromatic heterocycles. The van der Waals surface area contributed by atoms with Gasteiger partial charge in [0.1, 0.15) is 5.69 Å². The van der Waals surface area contributed by atoms with Gasteiger partial charge in [-0.2, -0.15) is 0 Å². The number of H-pyrrole nitrogens is 1. The minimum Gasteiger partial charge on any atom is -0.357 e. The monoisotopic (exact) mass is 164 g/mol. The molecule has 0 spiro atoms. The summed E-state index contributed by atoms with van der Waals surface area (Å²) in [6.07, 6.45) is 1.77. The highest BCUT2D eigenvalue weighted by atomic mass is 16.2. The maximum Gasteiger partial charge on any atom is 0.270 e. The van der Waals surface area contributed by atoms with E-state index in [1.54, 1.807) is 6.20 Å². The van der Waals surface area contributed by atoms with Crippen LogP contribution in [-0.4, -0.2) is 28.9 Å². The van der Waals surface area contributed by atoms with E-state index < -0.39 is 0 Å². The minimum absolute atomic E-state index is 0.123. The van der Waals surface area contributed by atoms with Crippen molar-refractivity contribution < 1.29 is 4.79 Å². The molecule has 0 aliphatic carbocycles. The molecule has 1 aliphatic rings. The molecule has 3 heteroatoms. The number of rotatable bonds is 1. The zero-order valence-electron chi connectivity index (χ0n) is 7.08. The molecule has 1 aliphatic heterocycles. The Bertz CT molecular complexity index is 273. The molecule has 0 bridgehead atoms. The fourth-order valence-electron chi connectivity index (χ4n) is 1.50. The van der Waals surface area contributed by atoms with Gasteiger partial charge in [0.2, 0.25) is 0 Å². The Morgan fingerprint density at radius 2 is 2.42 bits per heavy atom. The molecule has 64 valence electrons. The smallest absolute Gasteiger partial charge is 0.270 e. The van der Waals surface area contributed by atoms with Crippen molar-refractivity contribution in [3.63, 3.8) is 0 Å². The van der Waals surface area contributed by atoms with E-state index in [-0.39, 0.29) is 5.91 Å². The summed E-state index contributed by atoms with van der Waals surface area (Å²) in [5.74, 6) is 0.794. The first-order chi connectivity index (χ1) is 5.77. The van der Waals surface area contributed by atoms with Crippen molar-refractivity contribution in [1.29, 1.82) is 0 Å². The van der Waals surface area contributed by atoms with Crippen molar-refractivity contribution in [2.45, 2.75) is 6.92 Å². The van der Waals surface area contributed by atoms with Gasteiger partial charge in [-0.15, -0.1) is 0 Å². The van der Waals surface area contributed by atoms with Crippen molar-refractivity contribution in [2.75, 3.05) is 13.1 Å². The molecule has 12 heavy (non-hydrogen) atoms. The SMILES string of the molecule is CC1CN(C(=O)c2ccc[nH]2)C1. The molecule has 0 radical (unpaired) electrons. The van der Waals surface area contributed by atoms with Gasteiger partial charge in [-0.05, 0) is 18.1 Å². The summed E-state index contributed by atoms with van der Waals surface area (Å²) in [4.78, 5) is 16.3. The molecule has 0 saturated carbocycles. The summed E-state index contributed by atoms with van der Waals surface area (Å²) in [6, 6.07) is 3.65. The van der Waals surface area contributed by atoms with E-state index in [9.17, 15) is 4.79 Å². The lowest BCUT2D eigenvalue weighted by molar-refractivity contribution is 0.0525. The number of aromatic nitrogens is 1. The molecule has 0 aromatic carbocycles. The summed E-state index contributed by atoms with van der Waals surface area (Å²) in [6.45, 7) is 3.95. The van der Waals surface area contributed by atoms with Crippen LogP contribution in [0.5, 0.6) is 0 Å². The molecule has 2 heterocycles. The van der Waals surface area contributed by atoms with Crippen LogP contribution in [0, 0.1) is 5.92 Å². The zero-order chi connectivity index (χ0) is 8.55. The highest BCUT2D eigenvalue weighted by molar-refractivity contribution is 5.92. The molecular weight excluding hydrogens is 152 g/mol. The molecule has 1 aromatic rings. The van der Waals surface area contributed by atoms with Gasteiger partial charge in [-0.25, -0.2) is 0 Å². The number of hydrogen-bond donors (Lipinski definition) is 1. The van der Waals surface area contributed by atoms with Crippen LogP contribution in [0.25, 0.3) is 0 Å². The Morgan fingerprint density at radius 3 is 2.92 bits per heavy atom. The minimum atomic E-state index is 0.123. The van der Waals surface area contributed by atoms with Gasteiger partial charge >= 0.3 is 0 Å². The van der Waals surface area contributed by atoms with Crippen molar-refractivity contribution in [2.24, 2.45) is 5.92 Å². The fourth-order valence-corrected chi connectivity index (χ4v) is 1.50. The van der Waals surface area contributed by atoms with E-state index in [4.69, 9.17) is 0 Å². The summed E-state index contributed by atoms with van der Waals surface area (Å²) in [5, 5.41) is 0. The van der Waals surface area contributed by atoms with Gasteiger partial charge < -0.3 is 9.88 Å². The molecule has 1 fully saturated rings. The van der Waals surface area contributed by atoms with Crippen LogP contribution in [0.1, 0.15) is 17.4 Å². The molecule has 1 amide bonds. The predicted octanol–water partition coefficient (Wildman–Crippen LogP) is 1.11. The van der Waals surface area contributed by atoms with Crippen LogP contribution in [0.2, 0.25) is 0 Å². The maximum absolute atomic E-state index is 11.5. The number of nitrogens with zero attached hydrogens (tertiary/aromatic N) is 1. The average molecular weight is 164 g/mol. The second-order valence-electron chi connectivity index (χ2n) is 3.40. The quantitative estimate of drug-likeness (QED) is 0.663. The third kappa shape index (κ3) is 1.11. The largest absolute Gasteiger partial charge is 0.357 e. The number of carbonyl (C=O) groups excluding carboxylic acids is 1. The van der Waals surface area contributed by atoms with Gasteiger partial charge in [0.25, 0.3) is 5.91 Å². The van der Waals surface area contributed by atoms with Crippen LogP contribution < -0.4 is 0 Å². The molecule has 0 atom stereocenters. The average Bonchev–Trinajstić information content (AvgIpc) is 2.49. The Morgan fingerprint density at radius 1 is 1.67 bits per heavy atom. The lowest BCUT2D eigenvalue weighted by Crippen LogP contribution is -2.48. The standard InChI is InChI=1S/C9H12N2O/c1-7-5-11(6-7)9(12)8-3-2-4-10-8/h2-4,7,10H,5-6H2,1H3. The predicted molar refractivity (Wildman–Crippen MR) is 45.9 cm³/mol. The lowest BCUT2D eigenvalue weighted by Gasteiger charge is -2.36. The Hall–Kier alpha value is -1.25. The zero-order valence-corrected chi connectivity index (χ0v) is 7.08. The highest BCUT2D eigenvalue weighted by Crippen LogP contribution is 2.16. The van der Waals surface area contributed by atoms with Crippen LogP contribution in [0.15, 0.2) is 18.3 Å². The number of aromatic amines is 1. The van der Waals surface area contributed by atoms with Gasteiger partial charge in [0, 0.05) is 19.3 Å². The van der Waals surface area contributed by atoms with Crippen LogP contribution >= 0.6 is 0 Å². The first-order valence-electron chi connectivity index (χ1n) is 4.20. The van der Waals surface area contributed by atoms with Gasteiger partial charge in [-0.1, -0.05) is 6.92 Å². The topological polar surface area (TPSA) is 36.1 Å². The summed E-state index contributed by atoms with van der Waals surface area (Å²) in [7, 11) is 0. The number of likely N-dealkylation sites (tertiary alicyclic amines) is 1. The Kier molecular flexibility index (Phi) is 1.64. The van der Waals surface area contributed by atoms with Gasteiger partial charge in [-0.3, -0.25) is 4.79 Å². The second kappa shape index (κ2) is 2.66. The molecular formula is C9H12N2O. The van der Waals surface area contributed by atoms with Gasteiger partial charge in [0.15, 0.2) is 0 Å². The summed E-state index contributed by atoms with van der Waals surface area (Å²) >= 11 is 0. The number of amides is 1. The number of hydrogen-bond acceptors (Lipinski definition) is 1. The van der Waals surface area contributed by atoms with E-state index in [0.717, 1.165) is 13.1 Å². The Balaban J connectivity index is 2.03. The van der Waals surface area contributed by atoms with E-state index in [1.807, 2.05) is 17.0 Å². The van der Waals surface area contributed by atoms with Crippen LogP contribution in [0.4, 0.5) is 0 Å². The normalized spacial score (nSPS) is 17.6. The fraction of sp³-hybridized carbons (Fsp3) is 0.444. The molecule has 0 unspecified atom stereocenters. The first-order valence-corrected chi connectivity index (χ1v) is 4.20. The summed E-state index contributed by atoms with van der Waals surface area (Å²) in [5.41, 5.74) is 0.696. The molecule has 1 saturated heterocycles.